The van der Waals surface area contributed by atoms with Gasteiger partial charge in [-0.05, 0) is 6.42 Å². The predicted octanol–water partition coefficient (Wildman–Crippen LogP) is -0.105. The summed E-state index contributed by atoms with van der Waals surface area (Å²) in [6.07, 6.45) is 0.866. The van der Waals surface area contributed by atoms with Crippen molar-refractivity contribution >= 4 is 15.8 Å². The van der Waals surface area contributed by atoms with E-state index in [4.69, 9.17) is 10.00 Å². The van der Waals surface area contributed by atoms with Crippen LogP contribution in [0.15, 0.2) is 0 Å². The van der Waals surface area contributed by atoms with Gasteiger partial charge in [-0.2, -0.15) is 5.26 Å². The van der Waals surface area contributed by atoms with Gasteiger partial charge >= 0.3 is 5.97 Å². The van der Waals surface area contributed by atoms with E-state index in [0.29, 0.717) is 6.61 Å². The second kappa shape index (κ2) is 8.07. The van der Waals surface area contributed by atoms with Gasteiger partial charge in [0.05, 0.1) is 12.7 Å². The van der Waals surface area contributed by atoms with Gasteiger partial charge in [0.15, 0.2) is 9.84 Å². The molecule has 0 aliphatic carbocycles. The summed E-state index contributed by atoms with van der Waals surface area (Å²) in [4.78, 5) is 11.0. The van der Waals surface area contributed by atoms with E-state index >= 15 is 0 Å². The lowest BCUT2D eigenvalue weighted by Gasteiger charge is -2.04. The molecule has 0 radical (unpaired) electrons. The maximum absolute atomic E-state index is 11.0. The van der Waals surface area contributed by atoms with Crippen LogP contribution in [-0.4, -0.2) is 45.7 Å². The monoisotopic (exact) mass is 249 g/mol. The number of hydrogen-bond donors (Lipinski definition) is 0. The summed E-state index contributed by atoms with van der Waals surface area (Å²) in [5, 5.41) is 8.19. The largest absolute Gasteiger partial charge is 0.462 e. The molecule has 0 rings (SSSR count). The molecule has 92 valence electrons. The summed E-state index contributed by atoms with van der Waals surface area (Å²) in [5.41, 5.74) is 0. The van der Waals surface area contributed by atoms with E-state index < -0.39 is 27.3 Å². The molecule has 0 spiro atoms. The molecular formula is C9H15NO5S. The molecule has 0 amide bonds. The van der Waals surface area contributed by atoms with Crippen LogP contribution in [0, 0.1) is 11.3 Å². The van der Waals surface area contributed by atoms with Crippen molar-refractivity contribution in [1.29, 1.82) is 5.26 Å². The summed E-state index contributed by atoms with van der Waals surface area (Å²) >= 11 is 0. The van der Waals surface area contributed by atoms with Crippen LogP contribution in [0.4, 0.5) is 0 Å². The molecule has 0 saturated carbocycles. The topological polar surface area (TPSA) is 93.5 Å². The number of sulfone groups is 1. The molecule has 0 aromatic carbocycles. The Hall–Kier alpha value is -1.13. The van der Waals surface area contributed by atoms with E-state index in [1.54, 1.807) is 0 Å². The summed E-state index contributed by atoms with van der Waals surface area (Å²) < 4.78 is 31.7. The molecule has 0 bridgehead atoms. The normalized spacial score (nSPS) is 10.8. The predicted molar refractivity (Wildman–Crippen MR) is 56.3 cm³/mol. The quantitative estimate of drug-likeness (QED) is 0.440. The fraction of sp³-hybridized carbons (Fsp3) is 0.778. The Morgan fingerprint density at radius 3 is 2.56 bits per heavy atom. The van der Waals surface area contributed by atoms with E-state index in [9.17, 15) is 13.2 Å². The van der Waals surface area contributed by atoms with Gasteiger partial charge in [-0.25, -0.2) is 8.42 Å². The zero-order chi connectivity index (χ0) is 12.4. The number of nitrogens with zero attached hydrogens (tertiary/aromatic N) is 1. The third-order valence-electron chi connectivity index (χ3n) is 1.46. The Kier molecular flexibility index (Phi) is 7.50. The molecule has 0 atom stereocenters. The van der Waals surface area contributed by atoms with Gasteiger partial charge in [-0.15, -0.1) is 0 Å². The first-order valence-corrected chi connectivity index (χ1v) is 6.64. The Balaban J connectivity index is 3.72. The Morgan fingerprint density at radius 1 is 1.31 bits per heavy atom. The van der Waals surface area contributed by atoms with Crippen LogP contribution in [0.1, 0.15) is 13.3 Å². The second-order valence-corrected chi connectivity index (χ2v) is 5.09. The van der Waals surface area contributed by atoms with E-state index in [0.717, 1.165) is 6.42 Å². The smallest absolute Gasteiger partial charge is 0.321 e. The van der Waals surface area contributed by atoms with Crippen molar-refractivity contribution in [3.05, 3.63) is 0 Å². The first-order chi connectivity index (χ1) is 7.52. The average Bonchev–Trinajstić information content (AvgIpc) is 2.16. The fourth-order valence-corrected chi connectivity index (χ4v) is 1.57. The zero-order valence-corrected chi connectivity index (χ0v) is 9.96. The number of hydrogen-bond acceptors (Lipinski definition) is 6. The lowest BCUT2D eigenvalue weighted by Crippen LogP contribution is -2.22. The minimum absolute atomic E-state index is 0.0287. The van der Waals surface area contributed by atoms with Gasteiger partial charge in [0, 0.05) is 6.61 Å². The van der Waals surface area contributed by atoms with E-state index in [1.165, 1.54) is 6.07 Å². The number of nitriles is 1. The molecular weight excluding hydrogens is 234 g/mol. The number of esters is 1. The van der Waals surface area contributed by atoms with Crippen LogP contribution >= 0.6 is 0 Å². The molecule has 0 unspecified atom stereocenters. The molecule has 0 heterocycles. The second-order valence-electron chi connectivity index (χ2n) is 3.02. The summed E-state index contributed by atoms with van der Waals surface area (Å²) in [5.74, 6) is -2.28. The molecule has 0 aliphatic heterocycles. The van der Waals surface area contributed by atoms with Crippen molar-refractivity contribution in [3.8, 4) is 6.07 Å². The molecule has 0 N–H and O–H groups in total. The summed E-state index contributed by atoms with van der Waals surface area (Å²) in [6, 6.07) is 1.48. The molecule has 7 heteroatoms. The van der Waals surface area contributed by atoms with Crippen LogP contribution < -0.4 is 0 Å². The first kappa shape index (κ1) is 14.9. The van der Waals surface area contributed by atoms with Gasteiger partial charge in [0.25, 0.3) is 0 Å². The molecule has 0 aliphatic rings. The van der Waals surface area contributed by atoms with Crippen molar-refractivity contribution in [2.75, 3.05) is 31.3 Å². The third-order valence-corrected chi connectivity index (χ3v) is 2.71. The molecule has 0 aromatic heterocycles. The summed E-state index contributed by atoms with van der Waals surface area (Å²) in [6.45, 7) is 2.80. The molecule has 0 saturated heterocycles. The van der Waals surface area contributed by atoms with Crippen molar-refractivity contribution in [1.82, 2.24) is 0 Å². The molecule has 0 fully saturated rings. The number of carbonyl (C=O) groups is 1. The Morgan fingerprint density at radius 2 is 2.00 bits per heavy atom. The highest BCUT2D eigenvalue weighted by atomic mass is 32.2. The first-order valence-electron chi connectivity index (χ1n) is 4.82. The number of rotatable bonds is 8. The Labute approximate surface area is 95.1 Å². The van der Waals surface area contributed by atoms with Crippen LogP contribution in [0.25, 0.3) is 0 Å². The lowest BCUT2D eigenvalue weighted by molar-refractivity contribution is -0.142. The van der Waals surface area contributed by atoms with Crippen molar-refractivity contribution < 1.29 is 22.7 Å². The highest BCUT2D eigenvalue weighted by Gasteiger charge is 2.17. The number of carbonyl (C=O) groups excluding carboxylic acids is 1. The fourth-order valence-electron chi connectivity index (χ4n) is 0.831. The van der Waals surface area contributed by atoms with Crippen LogP contribution in [0.5, 0.6) is 0 Å². The van der Waals surface area contributed by atoms with Gasteiger partial charge < -0.3 is 9.47 Å². The average molecular weight is 249 g/mol. The van der Waals surface area contributed by atoms with Crippen molar-refractivity contribution in [3.63, 3.8) is 0 Å². The van der Waals surface area contributed by atoms with Crippen molar-refractivity contribution in [2.45, 2.75) is 13.3 Å². The zero-order valence-electron chi connectivity index (χ0n) is 9.14. The lowest BCUT2D eigenvalue weighted by atomic mass is 10.5. The van der Waals surface area contributed by atoms with E-state index in [1.807, 2.05) is 6.92 Å². The standard InChI is InChI=1S/C9H15NO5S/c1-2-4-14-5-6-15-9(11)8-16(12,13)7-3-10/h2,4-8H2,1H3. The van der Waals surface area contributed by atoms with Gasteiger partial charge in [0.1, 0.15) is 18.1 Å². The molecule has 6 nitrogen and oxygen atoms in total. The third kappa shape index (κ3) is 8.20. The Bertz CT molecular complexity index is 343. The molecule has 16 heavy (non-hydrogen) atoms. The summed E-state index contributed by atoms with van der Waals surface area (Å²) in [7, 11) is -3.65. The van der Waals surface area contributed by atoms with Crippen LogP contribution in [-0.2, 0) is 24.1 Å². The maximum atomic E-state index is 11.0. The highest BCUT2D eigenvalue weighted by molar-refractivity contribution is 7.92. The van der Waals surface area contributed by atoms with Crippen LogP contribution in [0.3, 0.4) is 0 Å². The minimum atomic E-state index is -3.65. The van der Waals surface area contributed by atoms with Gasteiger partial charge in [0.2, 0.25) is 0 Å². The van der Waals surface area contributed by atoms with Crippen LogP contribution in [0.2, 0.25) is 0 Å². The van der Waals surface area contributed by atoms with E-state index in [-0.39, 0.29) is 13.2 Å². The number of ether oxygens (including phenoxy) is 2. The minimum Gasteiger partial charge on any atom is -0.462 e. The van der Waals surface area contributed by atoms with E-state index in [2.05, 4.69) is 4.74 Å². The SMILES string of the molecule is CCCOCCOC(=O)CS(=O)(=O)CC#N. The molecule has 0 aromatic rings. The van der Waals surface area contributed by atoms with Gasteiger partial charge in [-0.1, -0.05) is 6.92 Å². The van der Waals surface area contributed by atoms with Crippen molar-refractivity contribution in [2.24, 2.45) is 0 Å². The van der Waals surface area contributed by atoms with Gasteiger partial charge in [-0.3, -0.25) is 4.79 Å². The maximum Gasteiger partial charge on any atom is 0.321 e. The highest BCUT2D eigenvalue weighted by Crippen LogP contribution is 1.92.